The van der Waals surface area contributed by atoms with E-state index in [4.69, 9.17) is 22.1 Å². The molecule has 1 aliphatic heterocycles. The molecule has 0 radical (unpaired) electrons. The zero-order valence-corrected chi connectivity index (χ0v) is 11.5. The second-order valence-electron chi connectivity index (χ2n) is 4.77. The summed E-state index contributed by atoms with van der Waals surface area (Å²) in [6.07, 6.45) is -0.553. The second kappa shape index (κ2) is 4.81. The van der Waals surface area contributed by atoms with Gasteiger partial charge in [-0.15, -0.1) is 11.6 Å². The molecule has 0 amide bonds. The number of hydrogen-bond acceptors (Lipinski definition) is 6. The van der Waals surface area contributed by atoms with Crippen LogP contribution in [-0.2, 0) is 11.8 Å². The van der Waals surface area contributed by atoms with Gasteiger partial charge in [0, 0.05) is 0 Å². The standard InChI is InChI=1S/C11H14ClN5O3/c1-16-3-15-10-6(9(16)13)14-4-17(10)11-8(19)7(18)5(2-12)20-11/h3-5,7-8,11,13,18-19H,2H2,1H3/p+1/t5-,7-,8-,11-/m1/s1/i2+1. The first-order valence-corrected chi connectivity index (χ1v) is 6.62. The molecule has 1 fully saturated rings. The molecule has 2 aromatic heterocycles. The van der Waals surface area contributed by atoms with Gasteiger partial charge >= 0.3 is 0 Å². The van der Waals surface area contributed by atoms with Gasteiger partial charge in [-0.05, 0) is 0 Å². The van der Waals surface area contributed by atoms with Gasteiger partial charge in [0.1, 0.15) is 24.6 Å². The lowest BCUT2D eigenvalue weighted by atomic mass is 10.2. The average molecular weight is 302 g/mol. The minimum absolute atomic E-state index is 0.0892. The Labute approximate surface area is 119 Å². The molecule has 9 heteroatoms. The molecule has 4 atom stereocenters. The number of aryl methyl sites for hydroxylation is 1. The summed E-state index contributed by atoms with van der Waals surface area (Å²) in [6.45, 7) is 0. The Morgan fingerprint density at radius 3 is 2.85 bits per heavy atom. The molecule has 0 spiro atoms. The molecule has 0 unspecified atom stereocenters. The lowest BCUT2D eigenvalue weighted by molar-refractivity contribution is -0.658. The van der Waals surface area contributed by atoms with E-state index < -0.39 is 24.5 Å². The van der Waals surface area contributed by atoms with Crippen LogP contribution in [0.1, 0.15) is 6.23 Å². The van der Waals surface area contributed by atoms with E-state index >= 15 is 0 Å². The Morgan fingerprint density at radius 1 is 1.45 bits per heavy atom. The maximum absolute atomic E-state index is 10.1. The lowest BCUT2D eigenvalue weighted by Crippen LogP contribution is -2.33. The first-order valence-electron chi connectivity index (χ1n) is 6.08. The Hall–Kier alpha value is -1.48. The van der Waals surface area contributed by atoms with Crippen LogP contribution in [-0.4, -0.2) is 48.9 Å². The van der Waals surface area contributed by atoms with Gasteiger partial charge in [-0.2, -0.15) is 0 Å². The summed E-state index contributed by atoms with van der Waals surface area (Å²) in [5.74, 6) is 0.544. The third-order valence-electron chi connectivity index (χ3n) is 3.51. The van der Waals surface area contributed by atoms with E-state index in [1.54, 1.807) is 22.5 Å². The van der Waals surface area contributed by atoms with Crippen molar-refractivity contribution in [1.29, 1.82) is 0 Å². The summed E-state index contributed by atoms with van der Waals surface area (Å²) in [4.78, 5) is 8.42. The van der Waals surface area contributed by atoms with E-state index in [9.17, 15) is 10.2 Å². The molecular formula is C11H15ClN5O3+. The molecule has 2 aromatic rings. The molecule has 8 nitrogen and oxygen atoms in total. The second-order valence-corrected chi connectivity index (χ2v) is 5.07. The minimum Gasteiger partial charge on any atom is -0.387 e. The Balaban J connectivity index is 2.05. The van der Waals surface area contributed by atoms with Crippen LogP contribution < -0.4 is 10.3 Å². The van der Waals surface area contributed by atoms with E-state index in [-0.39, 0.29) is 5.88 Å². The fourth-order valence-electron chi connectivity index (χ4n) is 2.31. The highest BCUT2D eigenvalue weighted by Crippen LogP contribution is 2.32. The number of nitrogens with zero attached hydrogens (tertiary/aromatic N) is 4. The van der Waals surface area contributed by atoms with Crippen molar-refractivity contribution in [2.24, 2.45) is 7.05 Å². The van der Waals surface area contributed by atoms with E-state index in [0.717, 1.165) is 0 Å². The van der Waals surface area contributed by atoms with Crippen molar-refractivity contribution in [3.05, 3.63) is 12.7 Å². The van der Waals surface area contributed by atoms with Gasteiger partial charge in [0.15, 0.2) is 11.7 Å². The predicted molar refractivity (Wildman–Crippen MR) is 69.8 cm³/mol. The third-order valence-corrected chi connectivity index (χ3v) is 3.81. The summed E-state index contributed by atoms with van der Waals surface area (Å²) >= 11 is 5.70. The molecule has 0 aliphatic carbocycles. The van der Waals surface area contributed by atoms with Crippen molar-refractivity contribution >= 4 is 28.6 Å². The van der Waals surface area contributed by atoms with Crippen LogP contribution >= 0.6 is 11.6 Å². The maximum Gasteiger partial charge on any atom is 0.250 e. The summed E-state index contributed by atoms with van der Waals surface area (Å²) < 4.78 is 8.75. The monoisotopic (exact) mass is 301 g/mol. The van der Waals surface area contributed by atoms with Crippen molar-refractivity contribution in [2.75, 3.05) is 11.6 Å². The number of rotatable bonds is 2. The smallest absolute Gasteiger partial charge is 0.250 e. The number of aliphatic hydroxyl groups excluding tert-OH is 2. The van der Waals surface area contributed by atoms with Crippen LogP contribution in [0.4, 0.5) is 5.82 Å². The van der Waals surface area contributed by atoms with Gasteiger partial charge < -0.3 is 20.7 Å². The number of ether oxygens (including phenoxy) is 1. The molecule has 3 rings (SSSR count). The predicted octanol–water partition coefficient (Wildman–Crippen LogP) is -1.30. The first-order chi connectivity index (χ1) is 9.54. The van der Waals surface area contributed by atoms with E-state index in [0.29, 0.717) is 17.0 Å². The van der Waals surface area contributed by atoms with Gasteiger partial charge in [0.2, 0.25) is 12.0 Å². The third kappa shape index (κ3) is 1.84. The number of aromatic nitrogens is 4. The number of anilines is 1. The van der Waals surface area contributed by atoms with Gasteiger partial charge in [-0.3, -0.25) is 4.57 Å². The fraction of sp³-hybridized carbons (Fsp3) is 0.545. The highest BCUT2D eigenvalue weighted by Gasteiger charge is 2.44. The minimum atomic E-state index is -1.10. The van der Waals surface area contributed by atoms with E-state index in [1.165, 1.54) is 6.33 Å². The maximum atomic E-state index is 10.1. The number of halogens is 1. The van der Waals surface area contributed by atoms with Crippen LogP contribution in [0.2, 0.25) is 0 Å². The van der Waals surface area contributed by atoms with Crippen LogP contribution in [0.15, 0.2) is 12.7 Å². The van der Waals surface area contributed by atoms with Gasteiger partial charge in [-0.1, -0.05) is 4.98 Å². The first kappa shape index (κ1) is 13.5. The van der Waals surface area contributed by atoms with Crippen molar-refractivity contribution in [2.45, 2.75) is 24.5 Å². The SMILES string of the molecule is C[n+]1cnc2c(ncn2[C@@H]2O[C@H]([13CH2]Cl)[C@@H](O)[C@H]2O)c1N. The Morgan fingerprint density at radius 2 is 2.20 bits per heavy atom. The summed E-state index contributed by atoms with van der Waals surface area (Å²) in [7, 11) is 1.76. The highest BCUT2D eigenvalue weighted by atomic mass is 35.5. The molecule has 20 heavy (non-hydrogen) atoms. The molecule has 3 heterocycles. The Bertz CT molecular complexity index is 648. The van der Waals surface area contributed by atoms with Crippen LogP contribution in [0.3, 0.4) is 0 Å². The quantitative estimate of drug-likeness (QED) is 0.361. The van der Waals surface area contributed by atoms with Gasteiger partial charge in [-0.25, -0.2) is 9.55 Å². The zero-order valence-electron chi connectivity index (χ0n) is 10.7. The molecule has 0 saturated carbocycles. The molecule has 1 saturated heterocycles. The normalized spacial score (nSPS) is 30.2. The van der Waals surface area contributed by atoms with Crippen molar-refractivity contribution in [3.8, 4) is 0 Å². The zero-order chi connectivity index (χ0) is 14.4. The topological polar surface area (TPSA) is 110 Å². The average Bonchev–Trinajstić information content (AvgIpc) is 2.98. The van der Waals surface area contributed by atoms with Crippen LogP contribution in [0, 0.1) is 0 Å². The molecule has 0 bridgehead atoms. The molecule has 108 valence electrons. The Kier molecular flexibility index (Phi) is 3.25. The van der Waals surface area contributed by atoms with Gasteiger partial charge in [0.05, 0.1) is 12.9 Å². The lowest BCUT2D eigenvalue weighted by Gasteiger charge is -2.15. The number of fused-ring (bicyclic) bond motifs is 1. The van der Waals surface area contributed by atoms with Crippen LogP contribution in [0.25, 0.3) is 11.2 Å². The summed E-state index contributed by atoms with van der Waals surface area (Å²) in [5, 5.41) is 19.9. The number of imidazole rings is 1. The number of nitrogen functional groups attached to an aromatic ring is 1. The van der Waals surface area contributed by atoms with E-state index in [1.807, 2.05) is 0 Å². The van der Waals surface area contributed by atoms with Crippen molar-refractivity contribution in [3.63, 3.8) is 0 Å². The summed E-state index contributed by atoms with van der Waals surface area (Å²) in [5.41, 5.74) is 6.91. The molecule has 1 aliphatic rings. The van der Waals surface area contributed by atoms with Crippen molar-refractivity contribution < 1.29 is 19.5 Å². The highest BCUT2D eigenvalue weighted by molar-refractivity contribution is 6.18. The van der Waals surface area contributed by atoms with Gasteiger partial charge in [0.25, 0.3) is 5.82 Å². The molecule has 0 aromatic carbocycles. The largest absolute Gasteiger partial charge is 0.387 e. The molecular weight excluding hydrogens is 287 g/mol. The van der Waals surface area contributed by atoms with Crippen molar-refractivity contribution in [1.82, 2.24) is 14.5 Å². The van der Waals surface area contributed by atoms with E-state index in [2.05, 4.69) is 9.97 Å². The number of nitrogens with two attached hydrogens (primary N) is 1. The van der Waals surface area contributed by atoms with Crippen LogP contribution in [0.5, 0.6) is 0 Å². The molecule has 4 N–H and O–H groups in total. The number of alkyl halides is 1. The number of hydrogen-bond donors (Lipinski definition) is 3. The fourth-order valence-corrected chi connectivity index (χ4v) is 2.56. The number of aliphatic hydroxyl groups is 2. The summed E-state index contributed by atoms with van der Waals surface area (Å²) in [6, 6.07) is 0.